The summed E-state index contributed by atoms with van der Waals surface area (Å²) in [5.41, 5.74) is 1.76. The van der Waals surface area contributed by atoms with Crippen molar-refractivity contribution in [2.75, 3.05) is 32.1 Å². The van der Waals surface area contributed by atoms with Crippen molar-refractivity contribution in [3.8, 4) is 5.88 Å². The minimum atomic E-state index is 0.515. The van der Waals surface area contributed by atoms with Crippen LogP contribution in [0.4, 0.5) is 5.82 Å². The molecule has 1 fully saturated rings. The zero-order chi connectivity index (χ0) is 14.7. The number of anilines is 1. The van der Waals surface area contributed by atoms with E-state index in [1.807, 2.05) is 24.3 Å². The molecule has 1 atom stereocenters. The molecule has 3 rings (SSSR count). The number of ether oxygens (including phenoxy) is 1. The van der Waals surface area contributed by atoms with Crippen LogP contribution in [0.1, 0.15) is 19.3 Å². The third-order valence-corrected chi connectivity index (χ3v) is 3.98. The van der Waals surface area contributed by atoms with Crippen LogP contribution in [0.15, 0.2) is 24.3 Å². The maximum atomic E-state index is 5.43. The van der Waals surface area contributed by atoms with Crippen molar-refractivity contribution in [3.63, 3.8) is 0 Å². The van der Waals surface area contributed by atoms with Crippen LogP contribution in [-0.2, 0) is 0 Å². The first-order chi connectivity index (χ1) is 10.3. The lowest BCUT2D eigenvalue weighted by Gasteiger charge is -2.29. The lowest BCUT2D eigenvalue weighted by Crippen LogP contribution is -2.42. The number of nitrogens with one attached hydrogen (secondary N) is 1. The van der Waals surface area contributed by atoms with Crippen molar-refractivity contribution < 1.29 is 4.74 Å². The van der Waals surface area contributed by atoms with Crippen LogP contribution in [-0.4, -0.2) is 43.3 Å². The van der Waals surface area contributed by atoms with Gasteiger partial charge in [-0.05, 0) is 31.5 Å². The Kier molecular flexibility index (Phi) is 4.20. The van der Waals surface area contributed by atoms with E-state index in [1.165, 1.54) is 19.3 Å². The number of hydrogen-bond donors (Lipinski definition) is 1. The summed E-state index contributed by atoms with van der Waals surface area (Å²) in [6.45, 7) is 2.03. The third-order valence-electron chi connectivity index (χ3n) is 3.98. The second-order valence-electron chi connectivity index (χ2n) is 5.57. The number of rotatable bonds is 4. The van der Waals surface area contributed by atoms with E-state index in [-0.39, 0.29) is 0 Å². The Morgan fingerprint density at radius 1 is 1.24 bits per heavy atom. The topological polar surface area (TPSA) is 50.3 Å². The van der Waals surface area contributed by atoms with Crippen LogP contribution in [0.2, 0.25) is 0 Å². The van der Waals surface area contributed by atoms with Gasteiger partial charge in [-0.1, -0.05) is 18.6 Å². The molecule has 0 amide bonds. The molecule has 1 saturated heterocycles. The zero-order valence-corrected chi connectivity index (χ0v) is 12.7. The van der Waals surface area contributed by atoms with Crippen LogP contribution >= 0.6 is 0 Å². The fraction of sp³-hybridized carbons (Fsp3) is 0.500. The number of likely N-dealkylation sites (N-methyl/N-ethyl adjacent to an activating group) is 1. The molecule has 0 aliphatic carbocycles. The van der Waals surface area contributed by atoms with Crippen LogP contribution in [0.5, 0.6) is 5.88 Å². The minimum absolute atomic E-state index is 0.515. The Balaban J connectivity index is 1.86. The number of hydrogen-bond acceptors (Lipinski definition) is 5. The number of piperidine rings is 1. The molecule has 0 saturated carbocycles. The number of benzene rings is 1. The Bertz CT molecular complexity index is 610. The van der Waals surface area contributed by atoms with Crippen molar-refractivity contribution in [3.05, 3.63) is 24.3 Å². The number of nitrogens with zero attached hydrogens (tertiary/aromatic N) is 3. The quantitative estimate of drug-likeness (QED) is 0.934. The highest BCUT2D eigenvalue weighted by Crippen LogP contribution is 2.26. The first-order valence-electron chi connectivity index (χ1n) is 7.53. The molecule has 112 valence electrons. The second-order valence-corrected chi connectivity index (χ2v) is 5.57. The van der Waals surface area contributed by atoms with E-state index in [2.05, 4.69) is 22.2 Å². The highest BCUT2D eigenvalue weighted by atomic mass is 16.5. The average Bonchev–Trinajstić information content (AvgIpc) is 2.54. The molecule has 0 radical (unpaired) electrons. The molecule has 5 nitrogen and oxygen atoms in total. The Morgan fingerprint density at radius 2 is 2.00 bits per heavy atom. The number of methoxy groups -OCH3 is 1. The first-order valence-corrected chi connectivity index (χ1v) is 7.53. The highest BCUT2D eigenvalue weighted by molar-refractivity contribution is 5.77. The van der Waals surface area contributed by atoms with E-state index in [0.717, 1.165) is 29.9 Å². The Hall–Kier alpha value is -1.88. The van der Waals surface area contributed by atoms with Gasteiger partial charge in [0.15, 0.2) is 5.82 Å². The molecule has 1 aliphatic rings. The van der Waals surface area contributed by atoms with Gasteiger partial charge in [0.2, 0.25) is 0 Å². The number of para-hydroxylation sites is 2. The number of aromatic nitrogens is 2. The molecule has 1 aromatic heterocycles. The molecule has 2 aromatic rings. The summed E-state index contributed by atoms with van der Waals surface area (Å²) in [5, 5.41) is 3.56. The minimum Gasteiger partial charge on any atom is -0.478 e. The van der Waals surface area contributed by atoms with E-state index in [4.69, 9.17) is 9.72 Å². The maximum absolute atomic E-state index is 5.43. The van der Waals surface area contributed by atoms with Gasteiger partial charge in [0.1, 0.15) is 0 Å². The van der Waals surface area contributed by atoms with Crippen LogP contribution < -0.4 is 15.0 Å². The van der Waals surface area contributed by atoms with Gasteiger partial charge in [-0.15, -0.1) is 0 Å². The summed E-state index contributed by atoms with van der Waals surface area (Å²) in [6, 6.07) is 8.40. The molecule has 1 unspecified atom stereocenters. The normalized spacial score (nSPS) is 18.7. The number of fused-ring (bicyclic) bond motifs is 1. The van der Waals surface area contributed by atoms with E-state index in [0.29, 0.717) is 11.9 Å². The summed E-state index contributed by atoms with van der Waals surface area (Å²) in [5.74, 6) is 1.40. The molecular formula is C16H22N4O. The van der Waals surface area contributed by atoms with Gasteiger partial charge in [-0.25, -0.2) is 9.97 Å². The van der Waals surface area contributed by atoms with Crippen molar-refractivity contribution in [1.29, 1.82) is 0 Å². The predicted octanol–water partition coefficient (Wildman–Crippen LogP) is 2.22. The largest absolute Gasteiger partial charge is 0.478 e. The van der Waals surface area contributed by atoms with Crippen molar-refractivity contribution in [2.45, 2.75) is 25.3 Å². The van der Waals surface area contributed by atoms with Gasteiger partial charge in [-0.2, -0.15) is 0 Å². The average molecular weight is 286 g/mol. The van der Waals surface area contributed by atoms with E-state index in [9.17, 15) is 0 Å². The van der Waals surface area contributed by atoms with Crippen molar-refractivity contribution >= 4 is 16.9 Å². The second kappa shape index (κ2) is 6.26. The Labute approximate surface area is 125 Å². The van der Waals surface area contributed by atoms with Crippen molar-refractivity contribution in [2.24, 2.45) is 0 Å². The molecule has 21 heavy (non-hydrogen) atoms. The molecule has 1 N–H and O–H groups in total. The SMILES string of the molecule is COc1nc2ccccc2nc1N(C)CC1CCCCN1. The lowest BCUT2D eigenvalue weighted by molar-refractivity contribution is 0.388. The van der Waals surface area contributed by atoms with Gasteiger partial charge < -0.3 is 15.0 Å². The van der Waals surface area contributed by atoms with Crippen molar-refractivity contribution in [1.82, 2.24) is 15.3 Å². The van der Waals surface area contributed by atoms with E-state index >= 15 is 0 Å². The fourth-order valence-electron chi connectivity index (χ4n) is 2.86. The van der Waals surface area contributed by atoms with Crippen LogP contribution in [0.25, 0.3) is 11.0 Å². The van der Waals surface area contributed by atoms with E-state index < -0.39 is 0 Å². The molecule has 0 spiro atoms. The summed E-state index contributed by atoms with van der Waals surface area (Å²) in [7, 11) is 3.70. The summed E-state index contributed by atoms with van der Waals surface area (Å²) < 4.78 is 5.43. The first kappa shape index (κ1) is 14.1. The van der Waals surface area contributed by atoms with Crippen LogP contribution in [0, 0.1) is 0 Å². The molecule has 1 aromatic carbocycles. The predicted molar refractivity (Wildman–Crippen MR) is 85.0 cm³/mol. The van der Waals surface area contributed by atoms with Crippen LogP contribution in [0.3, 0.4) is 0 Å². The van der Waals surface area contributed by atoms with Gasteiger partial charge in [0.25, 0.3) is 5.88 Å². The van der Waals surface area contributed by atoms with Gasteiger partial charge in [-0.3, -0.25) is 0 Å². The van der Waals surface area contributed by atoms with Gasteiger partial charge in [0.05, 0.1) is 18.1 Å². The smallest absolute Gasteiger partial charge is 0.257 e. The molecular weight excluding hydrogens is 264 g/mol. The highest BCUT2D eigenvalue weighted by Gasteiger charge is 2.19. The standard InChI is InChI=1S/C16H22N4O/c1-20(11-12-7-5-6-10-17-12)15-16(21-2)19-14-9-4-3-8-13(14)18-15/h3-4,8-9,12,17H,5-7,10-11H2,1-2H3. The summed E-state index contributed by atoms with van der Waals surface area (Å²) >= 11 is 0. The summed E-state index contributed by atoms with van der Waals surface area (Å²) in [6.07, 6.45) is 3.79. The lowest BCUT2D eigenvalue weighted by atomic mass is 10.0. The fourth-order valence-corrected chi connectivity index (χ4v) is 2.86. The molecule has 0 bridgehead atoms. The van der Waals surface area contributed by atoms with Gasteiger partial charge >= 0.3 is 0 Å². The monoisotopic (exact) mass is 286 g/mol. The Morgan fingerprint density at radius 3 is 2.67 bits per heavy atom. The van der Waals surface area contributed by atoms with E-state index in [1.54, 1.807) is 7.11 Å². The molecule has 1 aliphatic heterocycles. The summed E-state index contributed by atoms with van der Waals surface area (Å²) in [4.78, 5) is 11.4. The maximum Gasteiger partial charge on any atom is 0.257 e. The third kappa shape index (κ3) is 3.08. The zero-order valence-electron chi connectivity index (χ0n) is 12.7. The van der Waals surface area contributed by atoms with Gasteiger partial charge in [0, 0.05) is 19.6 Å². The molecule has 2 heterocycles. The molecule has 5 heteroatoms.